The van der Waals surface area contributed by atoms with Crippen molar-refractivity contribution in [2.24, 2.45) is 5.92 Å². The van der Waals surface area contributed by atoms with Crippen LogP contribution in [0.15, 0.2) is 12.4 Å². The molecule has 0 bridgehead atoms. The van der Waals surface area contributed by atoms with E-state index in [0.717, 1.165) is 25.5 Å². The summed E-state index contributed by atoms with van der Waals surface area (Å²) in [6.07, 6.45) is 6.06. The van der Waals surface area contributed by atoms with Crippen LogP contribution in [0.25, 0.3) is 5.65 Å². The molecule has 0 saturated carbocycles. The van der Waals surface area contributed by atoms with Crippen molar-refractivity contribution in [2.45, 2.75) is 32.7 Å². The standard InChI is InChI=1S/C13H21N7/c1-10(2)19(9-11-4-3-5-14-6-11)13-8-15-7-12-16-17-18-20(12)13/h7-8,10-11,14H,3-6,9H2,1-2H3. The number of hydrogen-bond donors (Lipinski definition) is 1. The molecule has 3 rings (SSSR count). The molecule has 1 aliphatic rings. The summed E-state index contributed by atoms with van der Waals surface area (Å²) >= 11 is 0. The SMILES string of the molecule is CC(C)N(CC1CCCNC1)c1cncc2nnnn12. The van der Waals surface area contributed by atoms with E-state index >= 15 is 0 Å². The fourth-order valence-corrected chi connectivity index (χ4v) is 2.79. The lowest BCUT2D eigenvalue weighted by molar-refractivity contribution is 0.369. The molecule has 108 valence electrons. The van der Waals surface area contributed by atoms with Crippen molar-refractivity contribution in [3.63, 3.8) is 0 Å². The van der Waals surface area contributed by atoms with Gasteiger partial charge < -0.3 is 10.2 Å². The molecule has 7 heteroatoms. The highest BCUT2D eigenvalue weighted by atomic mass is 15.5. The Morgan fingerprint density at radius 1 is 1.45 bits per heavy atom. The molecule has 7 nitrogen and oxygen atoms in total. The van der Waals surface area contributed by atoms with Crippen LogP contribution in [0.2, 0.25) is 0 Å². The van der Waals surface area contributed by atoms with Gasteiger partial charge in [0.05, 0.1) is 12.4 Å². The van der Waals surface area contributed by atoms with Crippen LogP contribution >= 0.6 is 0 Å². The van der Waals surface area contributed by atoms with E-state index in [1.165, 1.54) is 12.8 Å². The van der Waals surface area contributed by atoms with Gasteiger partial charge in [-0.2, -0.15) is 4.52 Å². The molecule has 0 spiro atoms. The molecule has 1 fully saturated rings. The Hall–Kier alpha value is -1.76. The zero-order chi connectivity index (χ0) is 13.9. The zero-order valence-electron chi connectivity index (χ0n) is 12.0. The van der Waals surface area contributed by atoms with Crippen LogP contribution in [-0.4, -0.2) is 50.7 Å². The maximum Gasteiger partial charge on any atom is 0.199 e. The maximum atomic E-state index is 4.26. The summed E-state index contributed by atoms with van der Waals surface area (Å²) < 4.78 is 1.77. The maximum absolute atomic E-state index is 4.26. The van der Waals surface area contributed by atoms with E-state index in [2.05, 4.69) is 44.6 Å². The number of fused-ring (bicyclic) bond motifs is 1. The van der Waals surface area contributed by atoms with Crippen molar-refractivity contribution in [1.29, 1.82) is 0 Å². The predicted octanol–water partition coefficient (Wildman–Crippen LogP) is 0.734. The van der Waals surface area contributed by atoms with Gasteiger partial charge in [-0.15, -0.1) is 5.10 Å². The first-order chi connectivity index (χ1) is 9.75. The summed E-state index contributed by atoms with van der Waals surface area (Å²) in [5.74, 6) is 1.63. The number of anilines is 1. The fourth-order valence-electron chi connectivity index (χ4n) is 2.79. The molecule has 1 atom stereocenters. The van der Waals surface area contributed by atoms with Crippen molar-refractivity contribution in [2.75, 3.05) is 24.5 Å². The van der Waals surface area contributed by atoms with Gasteiger partial charge in [0, 0.05) is 12.6 Å². The van der Waals surface area contributed by atoms with Gasteiger partial charge in [0.1, 0.15) is 0 Å². The third-order valence-corrected chi connectivity index (χ3v) is 3.86. The van der Waals surface area contributed by atoms with Crippen molar-refractivity contribution in [3.8, 4) is 0 Å². The van der Waals surface area contributed by atoms with E-state index in [1.807, 2.05) is 6.20 Å². The number of piperidine rings is 1. The summed E-state index contributed by atoms with van der Waals surface area (Å²) in [4.78, 5) is 6.60. The summed E-state index contributed by atoms with van der Waals surface area (Å²) in [5.41, 5.74) is 0.690. The molecule has 1 saturated heterocycles. The zero-order valence-corrected chi connectivity index (χ0v) is 12.0. The van der Waals surface area contributed by atoms with E-state index < -0.39 is 0 Å². The second-order valence-electron chi connectivity index (χ2n) is 5.67. The number of nitrogens with one attached hydrogen (secondary N) is 1. The average molecular weight is 275 g/mol. The van der Waals surface area contributed by atoms with E-state index in [1.54, 1.807) is 10.7 Å². The molecule has 2 aromatic rings. The molecular weight excluding hydrogens is 254 g/mol. The van der Waals surface area contributed by atoms with Crippen LogP contribution in [0.1, 0.15) is 26.7 Å². The average Bonchev–Trinajstić information content (AvgIpc) is 2.94. The third-order valence-electron chi connectivity index (χ3n) is 3.86. The van der Waals surface area contributed by atoms with E-state index in [-0.39, 0.29) is 0 Å². The van der Waals surface area contributed by atoms with Crippen molar-refractivity contribution in [3.05, 3.63) is 12.4 Å². The van der Waals surface area contributed by atoms with E-state index in [9.17, 15) is 0 Å². The first-order valence-corrected chi connectivity index (χ1v) is 7.25. The molecule has 0 radical (unpaired) electrons. The quantitative estimate of drug-likeness (QED) is 0.887. The van der Waals surface area contributed by atoms with Crippen LogP contribution in [0.5, 0.6) is 0 Å². The van der Waals surface area contributed by atoms with Crippen molar-refractivity contribution < 1.29 is 0 Å². The lowest BCUT2D eigenvalue weighted by Crippen LogP contribution is -2.42. The minimum absolute atomic E-state index is 0.383. The number of nitrogens with zero attached hydrogens (tertiary/aromatic N) is 6. The Bertz CT molecular complexity index is 559. The molecule has 0 amide bonds. The highest BCUT2D eigenvalue weighted by molar-refractivity contribution is 5.46. The molecule has 2 aromatic heterocycles. The molecule has 20 heavy (non-hydrogen) atoms. The topological polar surface area (TPSA) is 71.2 Å². The fraction of sp³-hybridized carbons (Fsp3) is 0.692. The number of rotatable bonds is 4. The normalized spacial score (nSPS) is 19.6. The lowest BCUT2D eigenvalue weighted by atomic mass is 9.98. The third kappa shape index (κ3) is 2.58. The summed E-state index contributed by atoms with van der Waals surface area (Å²) in [5, 5.41) is 15.2. The highest BCUT2D eigenvalue weighted by Crippen LogP contribution is 2.20. The molecule has 1 aliphatic heterocycles. The Balaban J connectivity index is 1.87. The molecule has 3 heterocycles. The first kappa shape index (κ1) is 13.2. The van der Waals surface area contributed by atoms with Gasteiger partial charge in [-0.1, -0.05) is 0 Å². The first-order valence-electron chi connectivity index (χ1n) is 7.25. The molecular formula is C13H21N7. The largest absolute Gasteiger partial charge is 0.352 e. The second-order valence-corrected chi connectivity index (χ2v) is 5.67. The highest BCUT2D eigenvalue weighted by Gasteiger charge is 2.21. The summed E-state index contributed by atoms with van der Waals surface area (Å²) in [6.45, 7) is 7.62. The van der Waals surface area contributed by atoms with Crippen LogP contribution in [-0.2, 0) is 0 Å². The van der Waals surface area contributed by atoms with Gasteiger partial charge in [-0.05, 0) is 56.1 Å². The van der Waals surface area contributed by atoms with Gasteiger partial charge >= 0.3 is 0 Å². The molecule has 1 unspecified atom stereocenters. The van der Waals surface area contributed by atoms with Gasteiger partial charge in [-0.25, -0.2) is 0 Å². The molecule has 0 aliphatic carbocycles. The Morgan fingerprint density at radius 2 is 2.35 bits per heavy atom. The summed E-state index contributed by atoms with van der Waals surface area (Å²) in [7, 11) is 0. The van der Waals surface area contributed by atoms with Crippen molar-refractivity contribution >= 4 is 11.5 Å². The van der Waals surface area contributed by atoms with E-state index in [4.69, 9.17) is 0 Å². The lowest BCUT2D eigenvalue weighted by Gasteiger charge is -2.34. The van der Waals surface area contributed by atoms with Crippen LogP contribution < -0.4 is 10.2 Å². The van der Waals surface area contributed by atoms with Crippen LogP contribution in [0.3, 0.4) is 0 Å². The predicted molar refractivity (Wildman–Crippen MR) is 76.7 cm³/mol. The van der Waals surface area contributed by atoms with Gasteiger partial charge in [0.15, 0.2) is 11.5 Å². The van der Waals surface area contributed by atoms with Crippen LogP contribution in [0.4, 0.5) is 5.82 Å². The molecule has 1 N–H and O–H groups in total. The summed E-state index contributed by atoms with van der Waals surface area (Å²) in [6, 6.07) is 0.383. The number of hydrogen-bond acceptors (Lipinski definition) is 6. The second kappa shape index (κ2) is 5.70. The number of tetrazole rings is 1. The van der Waals surface area contributed by atoms with Gasteiger partial charge in [0.2, 0.25) is 0 Å². The Labute approximate surface area is 118 Å². The smallest absolute Gasteiger partial charge is 0.199 e. The van der Waals surface area contributed by atoms with Crippen LogP contribution in [0, 0.1) is 5.92 Å². The number of aromatic nitrogens is 5. The van der Waals surface area contributed by atoms with Crippen molar-refractivity contribution in [1.82, 2.24) is 30.3 Å². The van der Waals surface area contributed by atoms with Gasteiger partial charge in [-0.3, -0.25) is 4.98 Å². The minimum Gasteiger partial charge on any atom is -0.352 e. The Kier molecular flexibility index (Phi) is 3.77. The minimum atomic E-state index is 0.383. The monoisotopic (exact) mass is 275 g/mol. The van der Waals surface area contributed by atoms with Gasteiger partial charge in [0.25, 0.3) is 0 Å². The Morgan fingerprint density at radius 3 is 3.10 bits per heavy atom. The van der Waals surface area contributed by atoms with E-state index in [0.29, 0.717) is 17.6 Å². The molecule has 0 aromatic carbocycles.